The van der Waals surface area contributed by atoms with E-state index in [4.69, 9.17) is 0 Å². The van der Waals surface area contributed by atoms with E-state index < -0.39 is 0 Å². The molecule has 0 aliphatic carbocycles. The van der Waals surface area contributed by atoms with Crippen molar-refractivity contribution in [2.75, 3.05) is 5.32 Å². The zero-order chi connectivity index (χ0) is 20.7. The minimum Gasteiger partial charge on any atom is -0.355 e. The van der Waals surface area contributed by atoms with E-state index in [1.54, 1.807) is 0 Å². The number of anilines is 2. The molecular weight excluding hydrogens is 364 g/mol. The quantitative estimate of drug-likeness (QED) is 0.332. The van der Waals surface area contributed by atoms with Crippen LogP contribution >= 0.6 is 0 Å². The van der Waals surface area contributed by atoms with E-state index in [0.29, 0.717) is 0 Å². The Balaban J connectivity index is 1.74. The third-order valence-electron chi connectivity index (χ3n) is 5.71. The van der Waals surface area contributed by atoms with E-state index in [-0.39, 0.29) is 5.41 Å². The molecule has 1 heterocycles. The number of benzene rings is 4. The molecule has 1 aromatic heterocycles. The highest BCUT2D eigenvalue weighted by Gasteiger charge is 2.17. The molecule has 1 N–H and O–H groups in total. The Labute approximate surface area is 177 Å². The Morgan fingerprint density at radius 2 is 1.33 bits per heavy atom. The number of aromatic nitrogens is 1. The first-order chi connectivity index (χ1) is 14.5. The molecule has 0 unspecified atom stereocenters. The summed E-state index contributed by atoms with van der Waals surface area (Å²) in [5, 5.41) is 6.09. The highest BCUT2D eigenvalue weighted by molar-refractivity contribution is 6.10. The molecule has 2 heteroatoms. The summed E-state index contributed by atoms with van der Waals surface area (Å²) in [6, 6.07) is 34.6. The fourth-order valence-electron chi connectivity index (χ4n) is 4.13. The average molecular weight is 391 g/mol. The third-order valence-corrected chi connectivity index (χ3v) is 5.71. The Kier molecular flexibility index (Phi) is 4.36. The first-order valence-electron chi connectivity index (χ1n) is 10.5. The number of fused-ring (bicyclic) bond motifs is 3. The third kappa shape index (κ3) is 3.25. The maximum atomic E-state index is 3.54. The molecule has 0 saturated carbocycles. The number of hydrogen-bond acceptors (Lipinski definition) is 1. The van der Waals surface area contributed by atoms with Gasteiger partial charge in [-0.3, -0.25) is 0 Å². The van der Waals surface area contributed by atoms with Crippen LogP contribution in [0.15, 0.2) is 97.1 Å². The van der Waals surface area contributed by atoms with Crippen LogP contribution in [0.1, 0.15) is 26.3 Å². The van der Waals surface area contributed by atoms with Crippen molar-refractivity contribution in [3.63, 3.8) is 0 Å². The topological polar surface area (TPSA) is 17.0 Å². The molecule has 5 aromatic rings. The summed E-state index contributed by atoms with van der Waals surface area (Å²) in [6.45, 7) is 6.79. The first-order valence-corrected chi connectivity index (χ1v) is 10.5. The van der Waals surface area contributed by atoms with Gasteiger partial charge in [-0.05, 0) is 53.4 Å². The molecule has 2 nitrogen and oxygen atoms in total. The van der Waals surface area contributed by atoms with Gasteiger partial charge in [-0.1, -0.05) is 75.4 Å². The van der Waals surface area contributed by atoms with E-state index >= 15 is 0 Å². The van der Waals surface area contributed by atoms with Gasteiger partial charge in [-0.15, -0.1) is 0 Å². The number of hydrogen-bond donors (Lipinski definition) is 1. The minimum absolute atomic E-state index is 0.106. The second-order valence-corrected chi connectivity index (χ2v) is 8.88. The lowest BCUT2D eigenvalue weighted by atomic mass is 9.87. The summed E-state index contributed by atoms with van der Waals surface area (Å²) >= 11 is 0. The van der Waals surface area contributed by atoms with Crippen molar-refractivity contribution in [3.8, 4) is 5.69 Å². The molecule has 0 fully saturated rings. The van der Waals surface area contributed by atoms with Crippen molar-refractivity contribution in [3.05, 3.63) is 103 Å². The van der Waals surface area contributed by atoms with Gasteiger partial charge in [-0.2, -0.15) is 0 Å². The monoisotopic (exact) mass is 390 g/mol. The maximum absolute atomic E-state index is 3.54. The Bertz CT molecular complexity index is 1340. The Morgan fingerprint density at radius 1 is 0.600 bits per heavy atom. The van der Waals surface area contributed by atoms with E-state index in [1.165, 1.54) is 33.1 Å². The lowest BCUT2D eigenvalue weighted by molar-refractivity contribution is 0.590. The predicted molar refractivity (Wildman–Crippen MR) is 129 cm³/mol. The molecule has 5 rings (SSSR count). The van der Waals surface area contributed by atoms with E-state index in [9.17, 15) is 0 Å². The van der Waals surface area contributed by atoms with Crippen LogP contribution in [0.3, 0.4) is 0 Å². The van der Waals surface area contributed by atoms with Gasteiger partial charge in [-0.25, -0.2) is 0 Å². The van der Waals surface area contributed by atoms with Crippen LogP contribution in [0, 0.1) is 0 Å². The lowest BCUT2D eigenvalue weighted by Crippen LogP contribution is -2.11. The van der Waals surface area contributed by atoms with Crippen molar-refractivity contribution in [1.82, 2.24) is 4.57 Å². The molecule has 0 aliphatic rings. The van der Waals surface area contributed by atoms with Crippen LogP contribution in [0.4, 0.5) is 11.4 Å². The van der Waals surface area contributed by atoms with Crippen LogP contribution in [0.2, 0.25) is 0 Å². The van der Waals surface area contributed by atoms with Gasteiger partial charge in [0.15, 0.2) is 0 Å². The zero-order valence-electron chi connectivity index (χ0n) is 17.7. The maximum Gasteiger partial charge on any atom is 0.0561 e. The largest absolute Gasteiger partial charge is 0.355 e. The van der Waals surface area contributed by atoms with Gasteiger partial charge < -0.3 is 9.88 Å². The first kappa shape index (κ1) is 18.5. The molecule has 4 aromatic carbocycles. The van der Waals surface area contributed by atoms with Crippen LogP contribution in [0.5, 0.6) is 0 Å². The fourth-order valence-corrected chi connectivity index (χ4v) is 4.13. The second-order valence-electron chi connectivity index (χ2n) is 8.88. The van der Waals surface area contributed by atoms with Gasteiger partial charge in [0.25, 0.3) is 0 Å². The Morgan fingerprint density at radius 3 is 2.13 bits per heavy atom. The van der Waals surface area contributed by atoms with E-state index in [2.05, 4.69) is 122 Å². The van der Waals surface area contributed by atoms with Crippen molar-refractivity contribution >= 4 is 33.2 Å². The number of rotatable bonds is 3. The zero-order valence-corrected chi connectivity index (χ0v) is 17.7. The molecule has 30 heavy (non-hydrogen) atoms. The molecule has 0 bridgehead atoms. The molecule has 0 atom stereocenters. The summed E-state index contributed by atoms with van der Waals surface area (Å²) in [7, 11) is 0. The smallest absolute Gasteiger partial charge is 0.0561 e. The van der Waals surface area contributed by atoms with Crippen LogP contribution in [-0.2, 0) is 5.41 Å². The van der Waals surface area contributed by atoms with Gasteiger partial charge in [0.1, 0.15) is 0 Å². The summed E-state index contributed by atoms with van der Waals surface area (Å²) in [4.78, 5) is 0. The van der Waals surface area contributed by atoms with Crippen LogP contribution < -0.4 is 5.32 Å². The minimum atomic E-state index is 0.106. The number of nitrogens with zero attached hydrogens (tertiary/aromatic N) is 1. The Hall–Kier alpha value is -3.52. The summed E-state index contributed by atoms with van der Waals surface area (Å²) in [5.41, 5.74) is 7.27. The molecule has 0 spiro atoms. The van der Waals surface area contributed by atoms with Gasteiger partial charge in [0.05, 0.1) is 11.0 Å². The predicted octanol–water partition coefficient (Wildman–Crippen LogP) is 7.82. The summed E-state index contributed by atoms with van der Waals surface area (Å²) in [6.07, 6.45) is 0. The van der Waals surface area contributed by atoms with Gasteiger partial charge in [0.2, 0.25) is 0 Å². The summed E-state index contributed by atoms with van der Waals surface area (Å²) < 4.78 is 2.38. The fraction of sp³-hybridized carbons (Fsp3) is 0.143. The van der Waals surface area contributed by atoms with E-state index in [0.717, 1.165) is 11.4 Å². The lowest BCUT2D eigenvalue weighted by Gasteiger charge is -2.20. The second kappa shape index (κ2) is 7.07. The van der Waals surface area contributed by atoms with E-state index in [1.807, 2.05) is 6.07 Å². The van der Waals surface area contributed by atoms with Crippen molar-refractivity contribution in [2.45, 2.75) is 26.2 Å². The number of para-hydroxylation sites is 2. The average Bonchev–Trinajstić information content (AvgIpc) is 3.07. The van der Waals surface area contributed by atoms with Gasteiger partial charge >= 0.3 is 0 Å². The van der Waals surface area contributed by atoms with Crippen molar-refractivity contribution in [1.29, 1.82) is 0 Å². The summed E-state index contributed by atoms with van der Waals surface area (Å²) in [5.74, 6) is 0. The SMILES string of the molecule is CC(C)(C)c1cccc(-n2c3ccccc3c3ccc(Nc4ccccc4)cc32)c1. The van der Waals surface area contributed by atoms with Crippen molar-refractivity contribution < 1.29 is 0 Å². The molecule has 148 valence electrons. The molecule has 0 amide bonds. The number of nitrogens with one attached hydrogen (secondary N) is 1. The van der Waals surface area contributed by atoms with Crippen LogP contribution in [-0.4, -0.2) is 4.57 Å². The molecule has 0 saturated heterocycles. The normalized spacial score (nSPS) is 11.8. The molecular formula is C28H26N2. The highest BCUT2D eigenvalue weighted by atomic mass is 15.0. The standard InChI is InChI=1S/C28H26N2/c1-28(2,3)20-10-9-13-23(18-20)30-26-15-8-7-14-24(26)25-17-16-22(19-27(25)30)29-21-11-5-4-6-12-21/h4-19,29H,1-3H3. The highest BCUT2D eigenvalue weighted by Crippen LogP contribution is 2.35. The molecule has 0 radical (unpaired) electrons. The van der Waals surface area contributed by atoms with Crippen molar-refractivity contribution in [2.24, 2.45) is 0 Å². The van der Waals surface area contributed by atoms with Gasteiger partial charge in [0, 0.05) is 27.8 Å². The molecule has 0 aliphatic heterocycles. The van der Waals surface area contributed by atoms with Crippen LogP contribution in [0.25, 0.3) is 27.5 Å².